The average molecular weight is 223 g/mol. The molecule has 1 fully saturated rings. The maximum Gasteiger partial charge on any atom is 0.265 e. The zero-order valence-electron chi connectivity index (χ0n) is 7.83. The van der Waals surface area contributed by atoms with E-state index in [0.29, 0.717) is 26.1 Å². The van der Waals surface area contributed by atoms with Gasteiger partial charge in [-0.2, -0.15) is 0 Å². The van der Waals surface area contributed by atoms with Crippen molar-refractivity contribution >= 4 is 17.7 Å². The van der Waals surface area contributed by atoms with Crippen LogP contribution in [0.5, 0.6) is 0 Å². The third-order valence-corrected chi connectivity index (χ3v) is 2.72. The Bertz CT molecular complexity index is 205. The maximum atomic E-state index is 11.1. The van der Waals surface area contributed by atoms with Crippen LogP contribution in [-0.2, 0) is 9.53 Å². The number of amides is 1. The summed E-state index contributed by atoms with van der Waals surface area (Å²) in [6.07, 6.45) is 0.474. The minimum Gasteiger partial charge on any atom is -0.381 e. The van der Waals surface area contributed by atoms with E-state index in [-0.39, 0.29) is 0 Å². The Kier molecular flexibility index (Phi) is 4.12. The summed E-state index contributed by atoms with van der Waals surface area (Å²) >= 11 is 5.12. The molecule has 0 bridgehead atoms. The smallest absolute Gasteiger partial charge is 0.265 e. The van der Waals surface area contributed by atoms with Gasteiger partial charge in [0, 0.05) is 25.0 Å². The summed E-state index contributed by atoms with van der Waals surface area (Å²) < 4.78 is 5.20. The van der Waals surface area contributed by atoms with Crippen molar-refractivity contribution < 1.29 is 14.6 Å². The monoisotopic (exact) mass is 222 g/mol. The summed E-state index contributed by atoms with van der Waals surface area (Å²) in [6, 6.07) is 0. The van der Waals surface area contributed by atoms with Gasteiger partial charge < -0.3 is 15.6 Å². The number of nitrogens with two attached hydrogens (primary N) is 1. The summed E-state index contributed by atoms with van der Waals surface area (Å²) in [5.41, 5.74) is 5.01. The SMILES string of the molecule is NC1(C(O)C(=O)NCl)CCCOCC1. The molecule has 6 heteroatoms. The van der Waals surface area contributed by atoms with E-state index >= 15 is 0 Å². The second-order valence-corrected chi connectivity index (χ2v) is 3.75. The molecule has 0 aromatic carbocycles. The number of rotatable bonds is 2. The molecule has 1 rings (SSSR count). The molecule has 0 saturated carbocycles. The quantitative estimate of drug-likeness (QED) is 0.551. The molecule has 1 saturated heterocycles. The highest BCUT2D eigenvalue weighted by atomic mass is 35.5. The molecule has 0 spiro atoms. The van der Waals surface area contributed by atoms with Crippen LogP contribution in [0, 0.1) is 0 Å². The van der Waals surface area contributed by atoms with Crippen molar-refractivity contribution in [3.8, 4) is 0 Å². The van der Waals surface area contributed by atoms with Crippen molar-refractivity contribution in [2.24, 2.45) is 5.73 Å². The van der Waals surface area contributed by atoms with Gasteiger partial charge in [-0.05, 0) is 19.3 Å². The highest BCUT2D eigenvalue weighted by Gasteiger charge is 2.38. The lowest BCUT2D eigenvalue weighted by molar-refractivity contribution is -0.131. The van der Waals surface area contributed by atoms with Gasteiger partial charge in [0.05, 0.1) is 5.54 Å². The second kappa shape index (κ2) is 4.93. The number of nitrogens with one attached hydrogen (secondary N) is 1. The Hall–Kier alpha value is -0.360. The van der Waals surface area contributed by atoms with E-state index in [1.807, 2.05) is 4.84 Å². The van der Waals surface area contributed by atoms with Crippen molar-refractivity contribution in [3.05, 3.63) is 0 Å². The van der Waals surface area contributed by atoms with E-state index in [4.69, 9.17) is 22.2 Å². The lowest BCUT2D eigenvalue weighted by Crippen LogP contribution is -2.56. The molecule has 1 aliphatic heterocycles. The van der Waals surface area contributed by atoms with Crippen LogP contribution in [0.15, 0.2) is 0 Å². The number of ether oxygens (including phenoxy) is 1. The van der Waals surface area contributed by atoms with Gasteiger partial charge in [-0.25, -0.2) is 0 Å². The Balaban J connectivity index is 2.65. The zero-order chi connectivity index (χ0) is 10.6. The maximum absolute atomic E-state index is 11.1. The summed E-state index contributed by atoms with van der Waals surface area (Å²) in [6.45, 7) is 1.08. The Morgan fingerprint density at radius 2 is 2.29 bits per heavy atom. The Labute approximate surface area is 87.7 Å². The van der Waals surface area contributed by atoms with Crippen LogP contribution in [0.4, 0.5) is 0 Å². The number of aliphatic hydroxyl groups excluding tert-OH is 1. The largest absolute Gasteiger partial charge is 0.381 e. The molecule has 5 nitrogen and oxygen atoms in total. The Morgan fingerprint density at radius 3 is 2.93 bits per heavy atom. The van der Waals surface area contributed by atoms with Crippen LogP contribution in [-0.4, -0.2) is 35.9 Å². The molecular formula is C8H15ClN2O3. The predicted octanol–water partition coefficient (Wildman–Crippen LogP) is -0.485. The highest BCUT2D eigenvalue weighted by molar-refractivity contribution is 6.22. The van der Waals surface area contributed by atoms with Gasteiger partial charge in [0.25, 0.3) is 5.91 Å². The molecule has 82 valence electrons. The van der Waals surface area contributed by atoms with E-state index in [1.165, 1.54) is 0 Å². The van der Waals surface area contributed by atoms with E-state index in [9.17, 15) is 9.90 Å². The third-order valence-electron chi connectivity index (χ3n) is 2.53. The zero-order valence-corrected chi connectivity index (χ0v) is 8.59. The molecule has 0 radical (unpaired) electrons. The summed E-state index contributed by atoms with van der Waals surface area (Å²) in [5, 5.41) is 9.65. The molecule has 2 atom stereocenters. The van der Waals surface area contributed by atoms with Crippen LogP contribution < -0.4 is 10.6 Å². The fraction of sp³-hybridized carbons (Fsp3) is 0.875. The van der Waals surface area contributed by atoms with Crippen molar-refractivity contribution in [2.45, 2.75) is 30.9 Å². The molecule has 14 heavy (non-hydrogen) atoms. The van der Waals surface area contributed by atoms with E-state index < -0.39 is 17.6 Å². The summed E-state index contributed by atoms with van der Waals surface area (Å²) in [4.78, 5) is 13.0. The van der Waals surface area contributed by atoms with E-state index in [2.05, 4.69) is 0 Å². The van der Waals surface area contributed by atoms with Gasteiger partial charge in [-0.1, -0.05) is 0 Å². The first kappa shape index (κ1) is 11.7. The molecule has 1 aliphatic rings. The number of hydrogen-bond donors (Lipinski definition) is 3. The van der Waals surface area contributed by atoms with Crippen molar-refractivity contribution in [1.82, 2.24) is 4.84 Å². The van der Waals surface area contributed by atoms with Crippen molar-refractivity contribution in [3.63, 3.8) is 0 Å². The first-order valence-electron chi connectivity index (χ1n) is 4.55. The average Bonchev–Trinajstić information content (AvgIpc) is 2.41. The molecule has 0 aromatic heterocycles. The summed E-state index contributed by atoms with van der Waals surface area (Å²) in [5.74, 6) is -0.656. The molecule has 1 amide bonds. The van der Waals surface area contributed by atoms with Gasteiger partial charge in [-0.15, -0.1) is 0 Å². The van der Waals surface area contributed by atoms with Gasteiger partial charge in [0.1, 0.15) is 0 Å². The first-order chi connectivity index (χ1) is 6.60. The fourth-order valence-corrected chi connectivity index (χ4v) is 1.68. The van der Waals surface area contributed by atoms with Crippen LogP contribution in [0.2, 0.25) is 0 Å². The number of carbonyl (C=O) groups excluding carboxylic acids is 1. The van der Waals surface area contributed by atoms with Crippen LogP contribution in [0.3, 0.4) is 0 Å². The molecule has 2 unspecified atom stereocenters. The molecular weight excluding hydrogens is 208 g/mol. The van der Waals surface area contributed by atoms with Crippen molar-refractivity contribution in [2.75, 3.05) is 13.2 Å². The van der Waals surface area contributed by atoms with Crippen LogP contribution in [0.1, 0.15) is 19.3 Å². The normalized spacial score (nSPS) is 30.5. The molecule has 0 aliphatic carbocycles. The lowest BCUT2D eigenvalue weighted by atomic mass is 9.85. The van der Waals surface area contributed by atoms with Crippen LogP contribution in [0.25, 0.3) is 0 Å². The van der Waals surface area contributed by atoms with Crippen LogP contribution >= 0.6 is 11.8 Å². The van der Waals surface area contributed by atoms with Gasteiger partial charge in [0.2, 0.25) is 0 Å². The highest BCUT2D eigenvalue weighted by Crippen LogP contribution is 2.22. The minimum absolute atomic E-state index is 0.457. The number of aliphatic hydroxyl groups is 1. The van der Waals surface area contributed by atoms with E-state index in [0.717, 1.165) is 6.42 Å². The Morgan fingerprint density at radius 1 is 1.57 bits per heavy atom. The van der Waals surface area contributed by atoms with Gasteiger partial charge in [0.15, 0.2) is 6.10 Å². The minimum atomic E-state index is -1.28. The fourth-order valence-electron chi connectivity index (χ4n) is 1.58. The first-order valence-corrected chi connectivity index (χ1v) is 4.93. The lowest BCUT2D eigenvalue weighted by Gasteiger charge is -2.31. The van der Waals surface area contributed by atoms with E-state index in [1.54, 1.807) is 0 Å². The molecule has 0 aromatic rings. The molecule has 4 N–H and O–H groups in total. The number of carbonyl (C=O) groups is 1. The molecule has 1 heterocycles. The standard InChI is InChI=1S/C8H15ClN2O3/c9-11-7(13)6(12)8(10)2-1-4-14-5-3-8/h6,12H,1-5,10H2,(H,11,13). The topological polar surface area (TPSA) is 84.6 Å². The third kappa shape index (κ3) is 2.57. The number of halogens is 1. The second-order valence-electron chi connectivity index (χ2n) is 3.56. The van der Waals surface area contributed by atoms with Crippen molar-refractivity contribution in [1.29, 1.82) is 0 Å². The summed E-state index contributed by atoms with van der Waals surface area (Å²) in [7, 11) is 0. The van der Waals surface area contributed by atoms with Gasteiger partial charge >= 0.3 is 0 Å². The number of hydrogen-bond acceptors (Lipinski definition) is 4. The predicted molar refractivity (Wildman–Crippen MR) is 51.6 cm³/mol. The van der Waals surface area contributed by atoms with Gasteiger partial charge in [-0.3, -0.25) is 9.63 Å².